The summed E-state index contributed by atoms with van der Waals surface area (Å²) in [7, 11) is 1.72. The van der Waals surface area contributed by atoms with E-state index in [0.717, 1.165) is 23.4 Å². The zero-order valence-electron chi connectivity index (χ0n) is 16.8. The van der Waals surface area contributed by atoms with Crippen LogP contribution in [-0.2, 0) is 7.05 Å². The molecule has 0 saturated carbocycles. The lowest BCUT2D eigenvalue weighted by atomic mass is 10.1. The van der Waals surface area contributed by atoms with Gasteiger partial charge in [0, 0.05) is 23.8 Å². The molecule has 3 heterocycles. The third-order valence-corrected chi connectivity index (χ3v) is 5.04. The highest BCUT2D eigenvalue weighted by Crippen LogP contribution is 2.33. The number of amides is 1. The van der Waals surface area contributed by atoms with E-state index in [4.69, 9.17) is 4.98 Å². The van der Waals surface area contributed by atoms with Crippen molar-refractivity contribution < 1.29 is 4.79 Å². The molecule has 1 aromatic carbocycles. The summed E-state index contributed by atoms with van der Waals surface area (Å²) in [5, 5.41) is 6.81. The smallest absolute Gasteiger partial charge is 0.262 e. The van der Waals surface area contributed by atoms with E-state index in [-0.39, 0.29) is 23.0 Å². The molecule has 0 aliphatic carbocycles. The Labute approximate surface area is 163 Å². The molecule has 0 radical (unpaired) electrons. The molecule has 0 fully saturated rings. The van der Waals surface area contributed by atoms with Gasteiger partial charge in [-0.15, -0.1) is 0 Å². The van der Waals surface area contributed by atoms with Crippen LogP contribution in [0.15, 0.2) is 29.1 Å². The van der Waals surface area contributed by atoms with E-state index in [9.17, 15) is 9.59 Å². The summed E-state index contributed by atoms with van der Waals surface area (Å²) in [5.74, 6) is 0.448. The number of hydrogen-bond acceptors (Lipinski definition) is 4. The zero-order chi connectivity index (χ0) is 20.2. The molecular formula is C21H25N5O2. The SMILES string of the molecule is CC[C@H]1NC(=O)c2cc(-c3cccc4c(=O)n(C)c(NC(C)(C)C)nc34)[nH]c21. The fourth-order valence-electron chi connectivity index (χ4n) is 3.65. The van der Waals surface area contributed by atoms with Gasteiger partial charge in [0.15, 0.2) is 0 Å². The quantitative estimate of drug-likeness (QED) is 0.651. The van der Waals surface area contributed by atoms with Crippen molar-refractivity contribution in [3.8, 4) is 11.3 Å². The molecule has 7 nitrogen and oxygen atoms in total. The Kier molecular flexibility index (Phi) is 4.06. The molecule has 1 aliphatic rings. The van der Waals surface area contributed by atoms with Crippen molar-refractivity contribution in [2.24, 2.45) is 7.05 Å². The van der Waals surface area contributed by atoms with Crippen LogP contribution in [0, 0.1) is 0 Å². The first-order valence-corrected chi connectivity index (χ1v) is 9.51. The number of carbonyl (C=O) groups excluding carboxylic acids is 1. The van der Waals surface area contributed by atoms with Gasteiger partial charge in [-0.2, -0.15) is 0 Å². The van der Waals surface area contributed by atoms with Crippen molar-refractivity contribution in [1.29, 1.82) is 0 Å². The summed E-state index contributed by atoms with van der Waals surface area (Å²) in [4.78, 5) is 33.3. The second-order valence-corrected chi connectivity index (χ2v) is 8.32. The van der Waals surface area contributed by atoms with Crippen LogP contribution in [0.1, 0.15) is 56.2 Å². The maximum Gasteiger partial charge on any atom is 0.262 e. The second-order valence-electron chi connectivity index (χ2n) is 8.32. The van der Waals surface area contributed by atoms with Crippen molar-refractivity contribution in [3.63, 3.8) is 0 Å². The summed E-state index contributed by atoms with van der Waals surface area (Å²) in [6.07, 6.45) is 0.812. The molecule has 0 spiro atoms. The minimum absolute atomic E-state index is 0.00910. The van der Waals surface area contributed by atoms with Gasteiger partial charge in [0.2, 0.25) is 5.95 Å². The van der Waals surface area contributed by atoms with Crippen LogP contribution >= 0.6 is 0 Å². The van der Waals surface area contributed by atoms with Gasteiger partial charge >= 0.3 is 0 Å². The minimum Gasteiger partial charge on any atom is -0.356 e. The highest BCUT2D eigenvalue weighted by Gasteiger charge is 2.30. The molecule has 0 bridgehead atoms. The number of carbonyl (C=O) groups is 1. The molecule has 1 aliphatic heterocycles. The molecule has 28 heavy (non-hydrogen) atoms. The summed E-state index contributed by atoms with van der Waals surface area (Å²) >= 11 is 0. The second kappa shape index (κ2) is 6.22. The number of aromatic nitrogens is 3. The highest BCUT2D eigenvalue weighted by atomic mass is 16.2. The van der Waals surface area contributed by atoms with E-state index in [1.165, 1.54) is 4.57 Å². The molecule has 7 heteroatoms. The number of aromatic amines is 1. The highest BCUT2D eigenvalue weighted by molar-refractivity contribution is 6.01. The first kappa shape index (κ1) is 18.3. The van der Waals surface area contributed by atoms with E-state index in [1.54, 1.807) is 13.1 Å². The van der Waals surface area contributed by atoms with Gasteiger partial charge in [-0.25, -0.2) is 4.98 Å². The Hall–Kier alpha value is -3.09. The lowest BCUT2D eigenvalue weighted by Crippen LogP contribution is -2.32. The maximum absolute atomic E-state index is 12.9. The van der Waals surface area contributed by atoms with Gasteiger partial charge < -0.3 is 15.6 Å². The van der Waals surface area contributed by atoms with Gasteiger partial charge in [-0.1, -0.05) is 19.1 Å². The Balaban J connectivity index is 1.93. The van der Waals surface area contributed by atoms with E-state index in [0.29, 0.717) is 22.4 Å². The number of rotatable bonds is 3. The standard InChI is InChI=1S/C21H25N5O2/c1-6-14-17-13(18(27)23-14)10-15(22-17)11-8-7-9-12-16(11)24-20(25-21(2,3)4)26(5)19(12)28/h7-10,14,22H,6H2,1-5H3,(H,23,27)(H,24,25)/t14-/m1/s1. The van der Waals surface area contributed by atoms with Crippen LogP contribution in [0.2, 0.25) is 0 Å². The van der Waals surface area contributed by atoms with Crippen LogP contribution < -0.4 is 16.2 Å². The Morgan fingerprint density at radius 3 is 2.64 bits per heavy atom. The number of anilines is 1. The summed E-state index contributed by atoms with van der Waals surface area (Å²) < 4.78 is 1.53. The molecule has 146 valence electrons. The average molecular weight is 379 g/mol. The van der Waals surface area contributed by atoms with E-state index >= 15 is 0 Å². The molecular weight excluding hydrogens is 354 g/mol. The van der Waals surface area contributed by atoms with E-state index in [1.807, 2.05) is 45.9 Å². The Bertz CT molecular complexity index is 1150. The maximum atomic E-state index is 12.9. The predicted molar refractivity (Wildman–Crippen MR) is 111 cm³/mol. The lowest BCUT2D eigenvalue weighted by molar-refractivity contribution is 0.0955. The van der Waals surface area contributed by atoms with Crippen LogP contribution in [-0.4, -0.2) is 26.0 Å². The van der Waals surface area contributed by atoms with Gasteiger partial charge in [-0.05, 0) is 39.3 Å². The molecule has 3 aromatic rings. The molecule has 4 rings (SSSR count). The minimum atomic E-state index is -0.236. The topological polar surface area (TPSA) is 91.8 Å². The predicted octanol–water partition coefficient (Wildman–Crippen LogP) is 3.33. The number of H-pyrrole nitrogens is 1. The number of nitrogens with one attached hydrogen (secondary N) is 3. The number of para-hydroxylation sites is 1. The Morgan fingerprint density at radius 1 is 1.21 bits per heavy atom. The molecule has 0 unspecified atom stereocenters. The molecule has 1 amide bonds. The summed E-state index contributed by atoms with van der Waals surface area (Å²) in [6, 6.07) is 7.40. The van der Waals surface area contributed by atoms with Crippen molar-refractivity contribution in [1.82, 2.24) is 19.9 Å². The fourth-order valence-corrected chi connectivity index (χ4v) is 3.65. The van der Waals surface area contributed by atoms with Gasteiger partial charge in [-0.3, -0.25) is 14.2 Å². The first-order chi connectivity index (χ1) is 13.2. The van der Waals surface area contributed by atoms with Crippen LogP contribution in [0.25, 0.3) is 22.2 Å². The van der Waals surface area contributed by atoms with Crippen molar-refractivity contribution >= 4 is 22.8 Å². The lowest BCUT2D eigenvalue weighted by Gasteiger charge is -2.23. The van der Waals surface area contributed by atoms with E-state index in [2.05, 4.69) is 15.6 Å². The van der Waals surface area contributed by atoms with Crippen molar-refractivity contribution in [2.45, 2.75) is 45.7 Å². The molecule has 2 aromatic heterocycles. The molecule has 0 saturated heterocycles. The fraction of sp³-hybridized carbons (Fsp3) is 0.381. The third-order valence-electron chi connectivity index (χ3n) is 5.04. The average Bonchev–Trinajstić information content (AvgIpc) is 3.18. The normalized spacial score (nSPS) is 16.3. The van der Waals surface area contributed by atoms with E-state index < -0.39 is 0 Å². The van der Waals surface area contributed by atoms with Crippen molar-refractivity contribution in [3.05, 3.63) is 45.9 Å². The van der Waals surface area contributed by atoms with Crippen LogP contribution in [0.4, 0.5) is 5.95 Å². The monoisotopic (exact) mass is 379 g/mol. The van der Waals surface area contributed by atoms with Crippen LogP contribution in [0.5, 0.6) is 0 Å². The molecule has 3 N–H and O–H groups in total. The largest absolute Gasteiger partial charge is 0.356 e. The third kappa shape index (κ3) is 2.87. The van der Waals surface area contributed by atoms with Gasteiger partial charge in [0.1, 0.15) is 0 Å². The Morgan fingerprint density at radius 2 is 1.96 bits per heavy atom. The van der Waals surface area contributed by atoms with Gasteiger partial charge in [0.05, 0.1) is 28.2 Å². The number of benzene rings is 1. The molecule has 1 atom stereocenters. The number of fused-ring (bicyclic) bond motifs is 2. The van der Waals surface area contributed by atoms with Gasteiger partial charge in [0.25, 0.3) is 11.5 Å². The zero-order valence-corrected chi connectivity index (χ0v) is 16.8. The summed E-state index contributed by atoms with van der Waals surface area (Å²) in [5.41, 5.74) is 3.44. The van der Waals surface area contributed by atoms with Crippen molar-refractivity contribution in [2.75, 3.05) is 5.32 Å². The first-order valence-electron chi connectivity index (χ1n) is 9.51. The number of nitrogens with zero attached hydrogens (tertiary/aromatic N) is 2. The summed E-state index contributed by atoms with van der Waals surface area (Å²) in [6.45, 7) is 8.10. The van der Waals surface area contributed by atoms with Crippen LogP contribution in [0.3, 0.4) is 0 Å². The number of hydrogen-bond donors (Lipinski definition) is 3.